The molecule has 0 heterocycles. The second kappa shape index (κ2) is 6.51. The van der Waals surface area contributed by atoms with Gasteiger partial charge in [-0.1, -0.05) is 14.1 Å². The van der Waals surface area contributed by atoms with Crippen LogP contribution in [0.5, 0.6) is 0 Å². The predicted octanol–water partition coefficient (Wildman–Crippen LogP) is -2.65. The van der Waals surface area contributed by atoms with Crippen molar-refractivity contribution in [2.45, 2.75) is 11.4 Å². The maximum atomic E-state index is 12.0. The number of hydrogen-bond acceptors (Lipinski definition) is 4. The Hall–Kier alpha value is 1.37. The Morgan fingerprint density at radius 1 is 1.25 bits per heavy atom. The molecule has 0 saturated carbocycles. The summed E-state index contributed by atoms with van der Waals surface area (Å²) in [6.45, 7) is 2.57. The molecule has 0 radical (unpaired) electrons. The van der Waals surface area contributed by atoms with E-state index in [2.05, 4.69) is 6.58 Å². The molecule has 0 amide bonds. The largest absolute Gasteiger partial charge is 1.00 e. The number of alkyl halides is 3. The molecule has 5 nitrogen and oxygen atoms in total. The topological polar surface area (TPSA) is 80.3 Å². The van der Waals surface area contributed by atoms with Crippen molar-refractivity contribution in [3.8, 4) is 0 Å². The van der Waals surface area contributed by atoms with Gasteiger partial charge in [-0.2, -0.15) is 21.6 Å². The first-order chi connectivity index (χ1) is 6.40. The standard InChI is InChI=1S/C4H5F4NO4S2.Cs.H/c1-2-3(4(5,6)7)14(10,11)9-15(8,12)13;;/h2-3,9H,1H2;;/q;+1;-1. The third-order valence-corrected chi connectivity index (χ3v) is 3.94. The van der Waals surface area contributed by atoms with Crippen LogP contribution in [0, 0.1) is 0 Å². The van der Waals surface area contributed by atoms with E-state index in [4.69, 9.17) is 0 Å². The van der Waals surface area contributed by atoms with Crippen molar-refractivity contribution in [1.82, 2.24) is 4.13 Å². The molecule has 0 saturated heterocycles. The van der Waals surface area contributed by atoms with Gasteiger partial charge in [0.25, 0.3) is 0 Å². The summed E-state index contributed by atoms with van der Waals surface area (Å²) >= 11 is 0. The molecule has 0 aliphatic rings. The molecule has 0 fully saturated rings. The fourth-order valence-electron chi connectivity index (χ4n) is 0.627. The number of rotatable bonds is 4. The van der Waals surface area contributed by atoms with Gasteiger partial charge in [-0.15, -0.1) is 6.58 Å². The van der Waals surface area contributed by atoms with Crippen LogP contribution >= 0.6 is 0 Å². The Labute approximate surface area is 150 Å². The van der Waals surface area contributed by atoms with Gasteiger partial charge in [-0.3, -0.25) is 0 Å². The molecule has 1 N–H and O–H groups in total. The maximum Gasteiger partial charge on any atom is 1.00 e. The summed E-state index contributed by atoms with van der Waals surface area (Å²) in [5.41, 5.74) is 0. The average Bonchev–Trinajstić information content (AvgIpc) is 1.75. The third kappa shape index (κ3) is 6.95. The Morgan fingerprint density at radius 3 is 1.81 bits per heavy atom. The van der Waals surface area contributed by atoms with E-state index in [0.29, 0.717) is 0 Å². The summed E-state index contributed by atoms with van der Waals surface area (Å²) in [7, 11) is -11.2. The van der Waals surface area contributed by atoms with Crippen LogP contribution in [0.2, 0.25) is 0 Å². The van der Waals surface area contributed by atoms with Crippen molar-refractivity contribution in [3.05, 3.63) is 12.7 Å². The van der Waals surface area contributed by atoms with E-state index in [1.807, 2.05) is 0 Å². The van der Waals surface area contributed by atoms with Crippen LogP contribution in [0.4, 0.5) is 17.1 Å². The van der Waals surface area contributed by atoms with E-state index in [1.165, 1.54) is 0 Å². The van der Waals surface area contributed by atoms with Crippen LogP contribution < -0.4 is 73.0 Å². The monoisotopic (exact) mass is 405 g/mol. The molecule has 16 heavy (non-hydrogen) atoms. The number of halogens is 4. The van der Waals surface area contributed by atoms with E-state index in [0.717, 1.165) is 0 Å². The molecular weight excluding hydrogens is 399 g/mol. The van der Waals surface area contributed by atoms with Gasteiger partial charge < -0.3 is 1.43 Å². The Balaban J connectivity index is -0.000000980. The SMILES string of the molecule is C=CC(C(F)(F)F)S(=O)(=O)NS(=O)(=O)F.[Cs+].[H-]. The van der Waals surface area contributed by atoms with Crippen molar-refractivity contribution in [2.24, 2.45) is 0 Å². The van der Waals surface area contributed by atoms with Crippen molar-refractivity contribution < 1.29 is 104 Å². The summed E-state index contributed by atoms with van der Waals surface area (Å²) in [6.07, 6.45) is -5.34. The Bertz CT molecular complexity index is 447. The van der Waals surface area contributed by atoms with Gasteiger partial charge in [-0.25, -0.2) is 8.42 Å². The van der Waals surface area contributed by atoms with Gasteiger partial charge in [0.1, 0.15) is 0 Å². The smallest absolute Gasteiger partial charge is 1.00 e. The number of hydrogen-bond donors (Lipinski definition) is 1. The van der Waals surface area contributed by atoms with Gasteiger partial charge in [0, 0.05) is 0 Å². The normalized spacial score (nSPS) is 15.0. The average molecular weight is 405 g/mol. The molecule has 1 unspecified atom stereocenters. The predicted molar refractivity (Wildman–Crippen MR) is 43.2 cm³/mol. The van der Waals surface area contributed by atoms with E-state index in [-0.39, 0.29) is 80.5 Å². The summed E-state index contributed by atoms with van der Waals surface area (Å²) in [6, 6.07) is 0. The van der Waals surface area contributed by atoms with Gasteiger partial charge in [0.15, 0.2) is 5.25 Å². The van der Waals surface area contributed by atoms with Crippen LogP contribution in [0.3, 0.4) is 0 Å². The molecule has 0 aromatic carbocycles. The van der Waals surface area contributed by atoms with Gasteiger partial charge >= 0.3 is 85.5 Å². The van der Waals surface area contributed by atoms with Gasteiger partial charge in [0.05, 0.1) is 0 Å². The Kier molecular flexibility index (Phi) is 8.02. The van der Waals surface area contributed by atoms with E-state index >= 15 is 0 Å². The number of nitrogens with one attached hydrogen (secondary N) is 1. The van der Waals surface area contributed by atoms with Crippen LogP contribution in [0.1, 0.15) is 1.43 Å². The van der Waals surface area contributed by atoms with Gasteiger partial charge in [-0.05, 0) is 0 Å². The first kappa shape index (κ1) is 19.7. The molecule has 0 aromatic heterocycles. The molecule has 0 spiro atoms. The molecular formula is C4H6CsF4NO4S2. The Morgan fingerprint density at radius 2 is 1.62 bits per heavy atom. The number of sulfonamides is 1. The van der Waals surface area contributed by atoms with Gasteiger partial charge in [0.2, 0.25) is 10.0 Å². The van der Waals surface area contributed by atoms with E-state index in [9.17, 15) is 33.9 Å². The fourth-order valence-corrected chi connectivity index (χ4v) is 2.76. The zero-order chi connectivity index (χ0) is 12.5. The van der Waals surface area contributed by atoms with Crippen molar-refractivity contribution in [1.29, 1.82) is 0 Å². The van der Waals surface area contributed by atoms with Crippen molar-refractivity contribution in [2.75, 3.05) is 0 Å². The van der Waals surface area contributed by atoms with Crippen molar-refractivity contribution in [3.63, 3.8) is 0 Å². The molecule has 0 rings (SSSR count). The van der Waals surface area contributed by atoms with E-state index < -0.39 is 31.9 Å². The summed E-state index contributed by atoms with van der Waals surface area (Å²) < 4.78 is 89.1. The quantitative estimate of drug-likeness (QED) is 0.315. The first-order valence-corrected chi connectivity index (χ1v) is 5.99. The molecule has 0 aliphatic heterocycles. The van der Waals surface area contributed by atoms with Crippen LogP contribution in [-0.2, 0) is 20.4 Å². The second-order valence-corrected chi connectivity index (χ2v) is 5.40. The maximum absolute atomic E-state index is 12.0. The molecule has 92 valence electrons. The minimum absolute atomic E-state index is 0. The van der Waals surface area contributed by atoms with Crippen LogP contribution in [-0.4, -0.2) is 28.3 Å². The molecule has 1 atom stereocenters. The fraction of sp³-hybridized carbons (Fsp3) is 0.500. The van der Waals surface area contributed by atoms with Crippen molar-refractivity contribution >= 4 is 20.4 Å². The zero-order valence-corrected chi connectivity index (χ0v) is 15.7. The minimum Gasteiger partial charge on any atom is -1.00 e. The molecule has 0 aliphatic carbocycles. The first-order valence-electron chi connectivity index (χ1n) is 3.06. The van der Waals surface area contributed by atoms with Crippen LogP contribution in [0.15, 0.2) is 12.7 Å². The molecule has 0 aromatic rings. The zero-order valence-electron chi connectivity index (χ0n) is 8.82. The molecule has 0 bridgehead atoms. The summed E-state index contributed by atoms with van der Waals surface area (Å²) in [5, 5.41) is -3.20. The molecule has 12 heteroatoms. The summed E-state index contributed by atoms with van der Waals surface area (Å²) in [4.78, 5) is 0. The third-order valence-electron chi connectivity index (χ3n) is 1.09. The van der Waals surface area contributed by atoms with Crippen LogP contribution in [0.25, 0.3) is 0 Å². The minimum atomic E-state index is -5.78. The summed E-state index contributed by atoms with van der Waals surface area (Å²) in [5.74, 6) is 0. The second-order valence-electron chi connectivity index (χ2n) is 2.26. The van der Waals surface area contributed by atoms with E-state index in [1.54, 1.807) is 0 Å².